The summed E-state index contributed by atoms with van der Waals surface area (Å²) in [6.07, 6.45) is -4.37. The molecule has 0 aromatic carbocycles. The van der Waals surface area contributed by atoms with E-state index in [2.05, 4.69) is 0 Å². The SMILES string of the molecule is COc1c(N(C)CC(F)(F)F)sc(C(N)=O)c1N. The van der Waals surface area contributed by atoms with Crippen LogP contribution in [0.25, 0.3) is 0 Å². The summed E-state index contributed by atoms with van der Waals surface area (Å²) in [6, 6.07) is 0. The lowest BCUT2D eigenvalue weighted by atomic mass is 10.3. The first kappa shape index (κ1) is 14.4. The van der Waals surface area contributed by atoms with Gasteiger partial charge in [-0.2, -0.15) is 13.2 Å². The predicted molar refractivity (Wildman–Crippen MR) is 63.1 cm³/mol. The summed E-state index contributed by atoms with van der Waals surface area (Å²) < 4.78 is 41.8. The van der Waals surface area contributed by atoms with E-state index in [9.17, 15) is 18.0 Å². The Balaban J connectivity index is 3.16. The van der Waals surface area contributed by atoms with Gasteiger partial charge in [0.25, 0.3) is 5.91 Å². The molecule has 0 unspecified atom stereocenters. The van der Waals surface area contributed by atoms with Gasteiger partial charge in [0.1, 0.15) is 22.1 Å². The minimum atomic E-state index is -4.37. The van der Waals surface area contributed by atoms with Crippen molar-refractivity contribution in [1.82, 2.24) is 0 Å². The van der Waals surface area contributed by atoms with E-state index in [0.29, 0.717) is 0 Å². The fourth-order valence-electron chi connectivity index (χ4n) is 1.39. The number of anilines is 2. The number of ether oxygens (including phenoxy) is 1. The molecule has 0 atom stereocenters. The average molecular weight is 283 g/mol. The summed E-state index contributed by atoms with van der Waals surface area (Å²) in [5, 5.41) is 0.112. The number of halogens is 3. The quantitative estimate of drug-likeness (QED) is 0.876. The van der Waals surface area contributed by atoms with Crippen LogP contribution in [-0.4, -0.2) is 32.8 Å². The highest BCUT2D eigenvalue weighted by molar-refractivity contribution is 7.19. The van der Waals surface area contributed by atoms with Crippen LogP contribution in [-0.2, 0) is 0 Å². The molecule has 0 saturated carbocycles. The Morgan fingerprint density at radius 1 is 1.50 bits per heavy atom. The van der Waals surface area contributed by atoms with Crippen molar-refractivity contribution in [2.75, 3.05) is 31.3 Å². The number of nitrogen functional groups attached to an aromatic ring is 1. The molecule has 0 aliphatic rings. The second-order valence-electron chi connectivity index (χ2n) is 3.52. The lowest BCUT2D eigenvalue weighted by molar-refractivity contribution is -0.119. The van der Waals surface area contributed by atoms with Crippen molar-refractivity contribution in [3.8, 4) is 5.75 Å². The van der Waals surface area contributed by atoms with E-state index in [1.165, 1.54) is 14.2 Å². The van der Waals surface area contributed by atoms with Crippen LogP contribution in [0.2, 0.25) is 0 Å². The van der Waals surface area contributed by atoms with Crippen molar-refractivity contribution in [3.05, 3.63) is 4.88 Å². The Hall–Kier alpha value is -1.64. The summed E-state index contributed by atoms with van der Waals surface area (Å²) in [5.41, 5.74) is 10.6. The minimum absolute atomic E-state index is 0.0177. The summed E-state index contributed by atoms with van der Waals surface area (Å²) in [5.74, 6) is -0.775. The normalized spacial score (nSPS) is 11.4. The molecule has 1 heterocycles. The maximum Gasteiger partial charge on any atom is 0.405 e. The van der Waals surface area contributed by atoms with E-state index in [0.717, 1.165) is 16.2 Å². The first-order chi connectivity index (χ1) is 8.17. The Labute approximate surface area is 105 Å². The van der Waals surface area contributed by atoms with Crippen molar-refractivity contribution in [2.24, 2.45) is 5.73 Å². The van der Waals surface area contributed by atoms with Crippen LogP contribution in [0.1, 0.15) is 9.67 Å². The zero-order valence-corrected chi connectivity index (χ0v) is 10.5. The highest BCUT2D eigenvalue weighted by Gasteiger charge is 2.32. The van der Waals surface area contributed by atoms with Crippen LogP contribution in [0.15, 0.2) is 0 Å². The third-order valence-electron chi connectivity index (χ3n) is 2.07. The minimum Gasteiger partial charge on any atom is -0.492 e. The molecule has 0 fully saturated rings. The van der Waals surface area contributed by atoms with Gasteiger partial charge in [-0.15, -0.1) is 11.3 Å². The Kier molecular flexibility index (Phi) is 3.95. The first-order valence-corrected chi connectivity index (χ1v) is 5.53. The molecule has 102 valence electrons. The molecule has 4 N–H and O–H groups in total. The summed E-state index contributed by atoms with van der Waals surface area (Å²) in [4.78, 5) is 12.0. The van der Waals surface area contributed by atoms with Gasteiger partial charge in [0.15, 0.2) is 5.75 Å². The zero-order valence-electron chi connectivity index (χ0n) is 9.67. The van der Waals surface area contributed by atoms with Gasteiger partial charge in [-0.1, -0.05) is 0 Å². The number of alkyl halides is 3. The highest BCUT2D eigenvalue weighted by Crippen LogP contribution is 2.44. The molecule has 1 aromatic rings. The number of amides is 1. The molecule has 0 saturated heterocycles. The van der Waals surface area contributed by atoms with E-state index in [1.54, 1.807) is 0 Å². The van der Waals surface area contributed by atoms with Gasteiger partial charge in [0.05, 0.1) is 7.11 Å². The fourth-order valence-corrected chi connectivity index (χ4v) is 2.39. The fraction of sp³-hybridized carbons (Fsp3) is 0.444. The number of hydrogen-bond donors (Lipinski definition) is 2. The van der Waals surface area contributed by atoms with Crippen LogP contribution in [0.5, 0.6) is 5.75 Å². The lowest BCUT2D eigenvalue weighted by Crippen LogP contribution is -2.30. The molecule has 5 nitrogen and oxygen atoms in total. The van der Waals surface area contributed by atoms with E-state index in [4.69, 9.17) is 16.2 Å². The van der Waals surface area contributed by atoms with Crippen molar-refractivity contribution >= 4 is 27.9 Å². The van der Waals surface area contributed by atoms with E-state index in [1.807, 2.05) is 0 Å². The third kappa shape index (κ3) is 2.97. The third-order valence-corrected chi connectivity index (χ3v) is 3.39. The van der Waals surface area contributed by atoms with Gasteiger partial charge in [0, 0.05) is 7.05 Å². The Morgan fingerprint density at radius 2 is 2.06 bits per heavy atom. The summed E-state index contributed by atoms with van der Waals surface area (Å²) in [6.45, 7) is -1.18. The van der Waals surface area contributed by atoms with Gasteiger partial charge in [0.2, 0.25) is 0 Å². The van der Waals surface area contributed by atoms with E-state index in [-0.39, 0.29) is 21.3 Å². The van der Waals surface area contributed by atoms with Crippen molar-refractivity contribution < 1.29 is 22.7 Å². The largest absolute Gasteiger partial charge is 0.492 e. The molecule has 1 amide bonds. The van der Waals surface area contributed by atoms with Crippen LogP contribution < -0.4 is 21.1 Å². The zero-order chi connectivity index (χ0) is 14.1. The maximum atomic E-state index is 12.3. The molecule has 1 rings (SSSR count). The Morgan fingerprint density at radius 3 is 2.44 bits per heavy atom. The second kappa shape index (κ2) is 4.92. The molecular weight excluding hydrogens is 271 g/mol. The van der Waals surface area contributed by atoms with Crippen molar-refractivity contribution in [3.63, 3.8) is 0 Å². The number of hydrogen-bond acceptors (Lipinski definition) is 5. The number of carbonyl (C=O) groups is 1. The molecule has 0 spiro atoms. The van der Waals surface area contributed by atoms with E-state index < -0.39 is 18.6 Å². The highest BCUT2D eigenvalue weighted by atomic mass is 32.1. The number of nitrogens with zero attached hydrogens (tertiary/aromatic N) is 1. The topological polar surface area (TPSA) is 81.6 Å². The Bertz CT molecular complexity index is 459. The van der Waals surface area contributed by atoms with E-state index >= 15 is 0 Å². The molecule has 0 aliphatic carbocycles. The number of primary amides is 1. The molecule has 1 aromatic heterocycles. The molecule has 0 radical (unpaired) electrons. The second-order valence-corrected chi connectivity index (χ2v) is 4.52. The van der Waals surface area contributed by atoms with Gasteiger partial charge in [-0.3, -0.25) is 4.79 Å². The van der Waals surface area contributed by atoms with Gasteiger partial charge < -0.3 is 21.1 Å². The van der Waals surface area contributed by atoms with Crippen LogP contribution in [0.3, 0.4) is 0 Å². The predicted octanol–water partition coefficient (Wildman–Crippen LogP) is 1.44. The molecule has 9 heteroatoms. The summed E-state index contributed by atoms with van der Waals surface area (Å²) in [7, 11) is 2.49. The summed E-state index contributed by atoms with van der Waals surface area (Å²) >= 11 is 0.769. The van der Waals surface area contributed by atoms with Crippen LogP contribution in [0.4, 0.5) is 23.9 Å². The standard InChI is InChI=1S/C9H12F3N3O2S/c1-15(3-9(10,11)12)8-5(17-2)4(13)6(18-8)7(14)16/h3,13H2,1-2H3,(H2,14,16). The smallest absolute Gasteiger partial charge is 0.405 e. The number of methoxy groups -OCH3 is 1. The van der Waals surface area contributed by atoms with Crippen molar-refractivity contribution in [1.29, 1.82) is 0 Å². The monoisotopic (exact) mass is 283 g/mol. The van der Waals surface area contributed by atoms with Gasteiger partial charge in [-0.25, -0.2) is 0 Å². The van der Waals surface area contributed by atoms with Crippen molar-refractivity contribution in [2.45, 2.75) is 6.18 Å². The molecule has 0 bridgehead atoms. The number of carbonyl (C=O) groups excluding carboxylic acids is 1. The van der Waals surface area contributed by atoms with Gasteiger partial charge >= 0.3 is 6.18 Å². The molecule has 18 heavy (non-hydrogen) atoms. The number of rotatable bonds is 4. The van der Waals surface area contributed by atoms with Gasteiger partial charge in [-0.05, 0) is 0 Å². The average Bonchev–Trinajstić information content (AvgIpc) is 2.52. The van der Waals surface area contributed by atoms with Crippen LogP contribution >= 0.6 is 11.3 Å². The number of nitrogens with two attached hydrogens (primary N) is 2. The molecule has 0 aliphatic heterocycles. The first-order valence-electron chi connectivity index (χ1n) is 4.71. The molecular formula is C9H12F3N3O2S. The van der Waals surface area contributed by atoms with Crippen LogP contribution in [0, 0.1) is 0 Å². The number of thiophene rings is 1. The maximum absolute atomic E-state index is 12.3. The lowest BCUT2D eigenvalue weighted by Gasteiger charge is -2.20.